The third-order valence-corrected chi connectivity index (χ3v) is 7.68. The maximum Gasteiger partial charge on any atom is 0.240 e. The number of nitrogens with one attached hydrogen (secondary N) is 1. The van der Waals surface area contributed by atoms with E-state index in [2.05, 4.69) is 24.0 Å². The highest BCUT2D eigenvalue weighted by molar-refractivity contribution is 6.31. The standard InChI is InChI=1S/C30H34N2O8/c1-4-5-7-16(2)10-11-22(34)32-31-21(15-33)30(39)13-12-17-19(14-30)28(37)24-25(26(17)35)29(38)23-18(27(24)36)8-6-9-20(23)40-3/h6,8-9,33,35,37,39H,2,4-5,7,10-15H2,1,3H3,(H,32,34)/b31-21+/t30-/m1/s1. The number of phenols is 2. The summed E-state index contributed by atoms with van der Waals surface area (Å²) in [7, 11) is 1.36. The van der Waals surface area contributed by atoms with Crippen LogP contribution in [0.1, 0.15) is 88.4 Å². The molecule has 0 saturated carbocycles. The molecule has 0 aliphatic heterocycles. The lowest BCUT2D eigenvalue weighted by molar-refractivity contribution is -0.121. The van der Waals surface area contributed by atoms with E-state index >= 15 is 0 Å². The second-order valence-corrected chi connectivity index (χ2v) is 10.3. The Hall–Kier alpha value is -4.02. The van der Waals surface area contributed by atoms with Crippen LogP contribution in [0.3, 0.4) is 0 Å². The summed E-state index contributed by atoms with van der Waals surface area (Å²) in [6.07, 6.45) is 3.15. The molecule has 1 amide bonds. The van der Waals surface area contributed by atoms with Gasteiger partial charge in [0.15, 0.2) is 5.78 Å². The highest BCUT2D eigenvalue weighted by Gasteiger charge is 2.44. The Labute approximate surface area is 232 Å². The first-order chi connectivity index (χ1) is 19.1. The Morgan fingerprint density at radius 2 is 1.77 bits per heavy atom. The normalized spacial score (nSPS) is 18.1. The van der Waals surface area contributed by atoms with Crippen LogP contribution in [-0.4, -0.2) is 62.9 Å². The number of rotatable bonds is 10. The molecule has 1 atom stereocenters. The van der Waals surface area contributed by atoms with Crippen LogP contribution in [0, 0.1) is 0 Å². The van der Waals surface area contributed by atoms with Crippen LogP contribution in [-0.2, 0) is 17.6 Å². The molecule has 0 radical (unpaired) electrons. The number of hydrazone groups is 1. The average molecular weight is 551 g/mol. The molecule has 2 aliphatic carbocycles. The molecule has 2 aromatic rings. The van der Waals surface area contributed by atoms with E-state index in [0.29, 0.717) is 6.42 Å². The van der Waals surface area contributed by atoms with Crippen LogP contribution in [0.25, 0.3) is 0 Å². The number of ketones is 2. The molecular weight excluding hydrogens is 516 g/mol. The number of benzene rings is 2. The third kappa shape index (κ3) is 5.12. The zero-order chi connectivity index (χ0) is 29.2. The Kier molecular flexibility index (Phi) is 8.41. The first kappa shape index (κ1) is 29.0. The molecular formula is C30H34N2O8. The van der Waals surface area contributed by atoms with Crippen molar-refractivity contribution in [2.45, 2.75) is 63.9 Å². The van der Waals surface area contributed by atoms with Gasteiger partial charge in [-0.3, -0.25) is 14.4 Å². The minimum absolute atomic E-state index is 0.00295. The number of unbranched alkanes of at least 4 members (excludes halogenated alkanes) is 1. The lowest BCUT2D eigenvalue weighted by Gasteiger charge is -2.36. The molecule has 40 heavy (non-hydrogen) atoms. The molecule has 0 aromatic heterocycles. The SMILES string of the molecule is C=C(CCCC)CCC(=O)N/N=C(\CO)[C@@]1(O)CCc2c(O)c3c(c(O)c2C1)C(=O)c1cccc(OC)c1C3=O. The molecule has 0 bridgehead atoms. The van der Waals surface area contributed by atoms with Crippen LogP contribution in [0.4, 0.5) is 0 Å². The van der Waals surface area contributed by atoms with Crippen molar-refractivity contribution < 1.29 is 39.5 Å². The summed E-state index contributed by atoms with van der Waals surface area (Å²) < 4.78 is 5.26. The highest BCUT2D eigenvalue weighted by Crippen LogP contribution is 2.48. The van der Waals surface area contributed by atoms with Crippen LogP contribution in [0.5, 0.6) is 17.2 Å². The number of hydrogen-bond donors (Lipinski definition) is 5. The minimum Gasteiger partial charge on any atom is -0.507 e. The van der Waals surface area contributed by atoms with E-state index in [1.165, 1.54) is 19.2 Å². The van der Waals surface area contributed by atoms with E-state index < -0.39 is 41.2 Å². The number of phenolic OH excluding ortho intramolecular Hbond substituents is 2. The first-order valence-corrected chi connectivity index (χ1v) is 13.3. The molecule has 10 heteroatoms. The van der Waals surface area contributed by atoms with Crippen molar-refractivity contribution in [3.8, 4) is 17.2 Å². The molecule has 0 spiro atoms. The van der Waals surface area contributed by atoms with Gasteiger partial charge in [-0.05, 0) is 38.2 Å². The van der Waals surface area contributed by atoms with Gasteiger partial charge in [0.25, 0.3) is 0 Å². The third-order valence-electron chi connectivity index (χ3n) is 7.68. The number of allylic oxidation sites excluding steroid dienone is 1. The molecule has 212 valence electrons. The Morgan fingerprint density at radius 1 is 1.07 bits per heavy atom. The van der Waals surface area contributed by atoms with Gasteiger partial charge in [0.1, 0.15) is 22.8 Å². The van der Waals surface area contributed by atoms with Gasteiger partial charge < -0.3 is 25.2 Å². The van der Waals surface area contributed by atoms with Crippen molar-refractivity contribution in [2.75, 3.05) is 13.7 Å². The molecule has 0 saturated heterocycles. The van der Waals surface area contributed by atoms with Crippen molar-refractivity contribution in [1.82, 2.24) is 5.43 Å². The molecule has 10 nitrogen and oxygen atoms in total. The second-order valence-electron chi connectivity index (χ2n) is 10.3. The zero-order valence-corrected chi connectivity index (χ0v) is 22.7. The van der Waals surface area contributed by atoms with Crippen molar-refractivity contribution >= 4 is 23.2 Å². The van der Waals surface area contributed by atoms with Gasteiger partial charge in [-0.25, -0.2) is 5.43 Å². The summed E-state index contributed by atoms with van der Waals surface area (Å²) in [5.41, 5.74) is 1.04. The van der Waals surface area contributed by atoms with E-state index in [-0.39, 0.29) is 70.5 Å². The minimum atomic E-state index is -1.79. The Bertz CT molecular complexity index is 1430. The molecule has 2 aliphatic rings. The zero-order valence-electron chi connectivity index (χ0n) is 22.7. The van der Waals surface area contributed by atoms with E-state index in [4.69, 9.17) is 4.74 Å². The molecule has 0 unspecified atom stereocenters. The van der Waals surface area contributed by atoms with E-state index in [9.17, 15) is 34.8 Å². The number of methoxy groups -OCH3 is 1. The summed E-state index contributed by atoms with van der Waals surface area (Å²) in [4.78, 5) is 39.2. The van der Waals surface area contributed by atoms with Gasteiger partial charge in [-0.15, -0.1) is 0 Å². The van der Waals surface area contributed by atoms with Crippen molar-refractivity contribution in [2.24, 2.45) is 5.10 Å². The second kappa shape index (κ2) is 11.6. The number of carbonyl (C=O) groups excluding carboxylic acids is 3. The van der Waals surface area contributed by atoms with Crippen LogP contribution in [0.2, 0.25) is 0 Å². The number of amides is 1. The smallest absolute Gasteiger partial charge is 0.240 e. The van der Waals surface area contributed by atoms with Gasteiger partial charge in [-0.2, -0.15) is 5.10 Å². The van der Waals surface area contributed by atoms with Gasteiger partial charge in [0.05, 0.1) is 36.1 Å². The number of aromatic hydroxyl groups is 2. The fraction of sp³-hybridized carbons (Fsp3) is 0.400. The summed E-state index contributed by atoms with van der Waals surface area (Å²) in [5.74, 6) is -2.54. The fourth-order valence-corrected chi connectivity index (χ4v) is 5.38. The monoisotopic (exact) mass is 550 g/mol. The molecule has 0 fully saturated rings. The van der Waals surface area contributed by atoms with Gasteiger partial charge in [0, 0.05) is 29.5 Å². The summed E-state index contributed by atoms with van der Waals surface area (Å²) in [6.45, 7) is 5.36. The molecule has 0 heterocycles. The Morgan fingerprint density at radius 3 is 2.45 bits per heavy atom. The number of ether oxygens (including phenoxy) is 1. The van der Waals surface area contributed by atoms with Crippen molar-refractivity contribution in [1.29, 1.82) is 0 Å². The predicted molar refractivity (Wildman–Crippen MR) is 147 cm³/mol. The Balaban J connectivity index is 1.63. The number of hydrogen-bond acceptors (Lipinski definition) is 9. The number of aliphatic hydroxyl groups is 2. The fourth-order valence-electron chi connectivity index (χ4n) is 5.38. The van der Waals surface area contributed by atoms with Crippen LogP contribution < -0.4 is 10.2 Å². The largest absolute Gasteiger partial charge is 0.507 e. The highest BCUT2D eigenvalue weighted by atomic mass is 16.5. The topological polar surface area (TPSA) is 166 Å². The summed E-state index contributed by atoms with van der Waals surface area (Å²) in [6, 6.07) is 4.51. The maximum absolute atomic E-state index is 13.4. The van der Waals surface area contributed by atoms with E-state index in [1.807, 2.05) is 0 Å². The first-order valence-electron chi connectivity index (χ1n) is 13.3. The van der Waals surface area contributed by atoms with Crippen LogP contribution in [0.15, 0.2) is 35.5 Å². The van der Waals surface area contributed by atoms with Crippen molar-refractivity contribution in [3.05, 3.63) is 63.7 Å². The lowest BCUT2D eigenvalue weighted by Crippen LogP contribution is -2.47. The van der Waals surface area contributed by atoms with Crippen LogP contribution >= 0.6 is 0 Å². The predicted octanol–water partition coefficient (Wildman–Crippen LogP) is 3.09. The molecule has 4 rings (SSSR count). The quantitative estimate of drug-likeness (QED) is 0.111. The lowest BCUT2D eigenvalue weighted by atomic mass is 9.73. The summed E-state index contributed by atoms with van der Waals surface area (Å²) in [5, 5.41) is 47.8. The number of nitrogens with zero attached hydrogens (tertiary/aromatic N) is 1. The number of aliphatic hydroxyl groups excluding tert-OH is 1. The summed E-state index contributed by atoms with van der Waals surface area (Å²) >= 11 is 0. The van der Waals surface area contributed by atoms with E-state index in [1.54, 1.807) is 6.07 Å². The number of carbonyl (C=O) groups is 3. The average Bonchev–Trinajstić information content (AvgIpc) is 2.95. The molecule has 5 N–H and O–H groups in total. The van der Waals surface area contributed by atoms with E-state index in [0.717, 1.165) is 24.8 Å². The maximum atomic E-state index is 13.4. The van der Waals surface area contributed by atoms with Gasteiger partial charge >= 0.3 is 0 Å². The van der Waals surface area contributed by atoms with Gasteiger partial charge in [-0.1, -0.05) is 37.6 Å². The van der Waals surface area contributed by atoms with Crippen molar-refractivity contribution in [3.63, 3.8) is 0 Å². The molecule has 2 aromatic carbocycles. The number of fused-ring (bicyclic) bond motifs is 3. The van der Waals surface area contributed by atoms with Gasteiger partial charge in [0.2, 0.25) is 11.7 Å².